The number of nitrogens with one attached hydrogen (secondary N) is 2. The molecule has 1 aromatic heterocycles. The minimum absolute atomic E-state index is 0.160. The van der Waals surface area contributed by atoms with E-state index in [1.807, 2.05) is 37.3 Å². The molecule has 0 bridgehead atoms. The minimum Gasteiger partial charge on any atom is -0.348 e. The number of benzene rings is 3. The normalized spacial score (nSPS) is 10.5. The molecule has 4 rings (SSSR count). The highest BCUT2D eigenvalue weighted by Gasteiger charge is 2.08. The largest absolute Gasteiger partial charge is 0.348 e. The van der Waals surface area contributed by atoms with Gasteiger partial charge in [0.15, 0.2) is 5.82 Å². The molecular formula is C25H21FN4O. The van der Waals surface area contributed by atoms with Crippen molar-refractivity contribution in [2.75, 3.05) is 5.32 Å². The minimum atomic E-state index is -0.344. The fourth-order valence-corrected chi connectivity index (χ4v) is 3.07. The number of carbonyl (C=O) groups is 1. The van der Waals surface area contributed by atoms with Gasteiger partial charge in [-0.3, -0.25) is 4.79 Å². The topological polar surface area (TPSA) is 66.9 Å². The molecule has 6 heteroatoms. The van der Waals surface area contributed by atoms with Gasteiger partial charge < -0.3 is 10.6 Å². The summed E-state index contributed by atoms with van der Waals surface area (Å²) in [5, 5.41) is 6.11. The first kappa shape index (κ1) is 20.2. The second kappa shape index (κ2) is 9.17. The van der Waals surface area contributed by atoms with Gasteiger partial charge in [0.1, 0.15) is 11.6 Å². The van der Waals surface area contributed by atoms with Crippen molar-refractivity contribution in [3.63, 3.8) is 0 Å². The van der Waals surface area contributed by atoms with Gasteiger partial charge in [-0.15, -0.1) is 0 Å². The molecule has 4 aromatic rings. The van der Waals surface area contributed by atoms with Gasteiger partial charge in [-0.1, -0.05) is 48.0 Å². The van der Waals surface area contributed by atoms with E-state index < -0.39 is 0 Å². The highest BCUT2D eigenvalue weighted by Crippen LogP contribution is 2.20. The maximum absolute atomic E-state index is 13.5. The Balaban J connectivity index is 1.45. The molecule has 1 amide bonds. The first-order valence-electron chi connectivity index (χ1n) is 9.87. The Morgan fingerprint density at radius 3 is 2.58 bits per heavy atom. The maximum Gasteiger partial charge on any atom is 0.251 e. The van der Waals surface area contributed by atoms with E-state index in [0.29, 0.717) is 35.0 Å². The van der Waals surface area contributed by atoms with E-state index in [-0.39, 0.29) is 11.7 Å². The second-order valence-corrected chi connectivity index (χ2v) is 7.15. The third-order valence-electron chi connectivity index (χ3n) is 4.71. The smallest absolute Gasteiger partial charge is 0.251 e. The number of hydrogen-bond donors (Lipinski definition) is 2. The molecule has 0 aliphatic heterocycles. The van der Waals surface area contributed by atoms with Crippen molar-refractivity contribution in [3.8, 4) is 11.4 Å². The first-order chi connectivity index (χ1) is 15.1. The molecule has 0 fully saturated rings. The third kappa shape index (κ3) is 5.30. The zero-order chi connectivity index (χ0) is 21.6. The Morgan fingerprint density at radius 2 is 1.77 bits per heavy atom. The second-order valence-electron chi connectivity index (χ2n) is 7.15. The molecule has 3 aromatic carbocycles. The van der Waals surface area contributed by atoms with Crippen LogP contribution >= 0.6 is 0 Å². The van der Waals surface area contributed by atoms with Crippen LogP contribution in [0.2, 0.25) is 0 Å². The zero-order valence-corrected chi connectivity index (χ0v) is 17.0. The number of rotatable bonds is 6. The van der Waals surface area contributed by atoms with Gasteiger partial charge in [-0.05, 0) is 48.9 Å². The van der Waals surface area contributed by atoms with Crippen LogP contribution in [0.3, 0.4) is 0 Å². The summed E-state index contributed by atoms with van der Waals surface area (Å²) in [6, 6.07) is 23.1. The number of anilines is 2. The molecule has 154 valence electrons. The van der Waals surface area contributed by atoms with Crippen molar-refractivity contribution < 1.29 is 9.18 Å². The molecule has 0 spiro atoms. The lowest BCUT2D eigenvalue weighted by Gasteiger charge is -2.10. The zero-order valence-electron chi connectivity index (χ0n) is 17.0. The first-order valence-corrected chi connectivity index (χ1v) is 9.87. The highest BCUT2D eigenvalue weighted by atomic mass is 19.1. The molecule has 0 unspecified atom stereocenters. The molecular weight excluding hydrogens is 391 g/mol. The van der Waals surface area contributed by atoms with Crippen LogP contribution in [-0.4, -0.2) is 15.9 Å². The summed E-state index contributed by atoms with van der Waals surface area (Å²) >= 11 is 0. The number of halogens is 1. The average molecular weight is 412 g/mol. The molecule has 5 nitrogen and oxygen atoms in total. The maximum atomic E-state index is 13.5. The summed E-state index contributed by atoms with van der Waals surface area (Å²) in [5.41, 5.74) is 4.06. The number of amides is 1. The van der Waals surface area contributed by atoms with Gasteiger partial charge in [0.05, 0.1) is 0 Å². The van der Waals surface area contributed by atoms with E-state index in [9.17, 15) is 9.18 Å². The van der Waals surface area contributed by atoms with Crippen LogP contribution in [0, 0.1) is 12.7 Å². The van der Waals surface area contributed by atoms with Crippen LogP contribution in [0.5, 0.6) is 0 Å². The molecule has 0 aliphatic carbocycles. The lowest BCUT2D eigenvalue weighted by Crippen LogP contribution is -2.22. The standard InChI is InChI=1S/C25H21FN4O/c1-17-8-10-18(11-9-17)16-28-25(31)20-5-3-7-22(15-20)29-23-12-13-27-24(30-23)19-4-2-6-21(26)14-19/h2-15H,16H2,1H3,(H,28,31)(H,27,29,30). The number of nitrogens with zero attached hydrogens (tertiary/aromatic N) is 2. The van der Waals surface area contributed by atoms with Crippen molar-refractivity contribution >= 4 is 17.4 Å². The summed E-state index contributed by atoms with van der Waals surface area (Å²) in [5.74, 6) is 0.458. The van der Waals surface area contributed by atoms with Crippen LogP contribution < -0.4 is 10.6 Å². The Hall–Kier alpha value is -4.06. The Morgan fingerprint density at radius 1 is 0.968 bits per heavy atom. The van der Waals surface area contributed by atoms with E-state index in [4.69, 9.17) is 0 Å². The molecule has 0 aliphatic rings. The quantitative estimate of drug-likeness (QED) is 0.453. The fourth-order valence-electron chi connectivity index (χ4n) is 3.07. The van der Waals surface area contributed by atoms with Crippen LogP contribution in [0.1, 0.15) is 21.5 Å². The monoisotopic (exact) mass is 412 g/mol. The summed E-state index contributed by atoms with van der Waals surface area (Å²) in [4.78, 5) is 21.2. The fraction of sp³-hybridized carbons (Fsp3) is 0.0800. The number of aromatic nitrogens is 2. The van der Waals surface area contributed by atoms with Gasteiger partial charge in [0, 0.05) is 29.6 Å². The van der Waals surface area contributed by atoms with Gasteiger partial charge in [0.25, 0.3) is 5.91 Å². The highest BCUT2D eigenvalue weighted by molar-refractivity contribution is 5.95. The molecule has 0 atom stereocenters. The molecule has 1 heterocycles. The predicted molar refractivity (Wildman–Crippen MR) is 119 cm³/mol. The van der Waals surface area contributed by atoms with E-state index in [2.05, 4.69) is 20.6 Å². The van der Waals surface area contributed by atoms with Crippen LogP contribution in [0.4, 0.5) is 15.9 Å². The molecule has 0 saturated carbocycles. The Bertz CT molecular complexity index is 1210. The third-order valence-corrected chi connectivity index (χ3v) is 4.71. The number of hydrogen-bond acceptors (Lipinski definition) is 4. The van der Waals surface area contributed by atoms with Crippen molar-refractivity contribution in [3.05, 3.63) is 108 Å². The number of aryl methyl sites for hydroxylation is 1. The molecule has 0 saturated heterocycles. The van der Waals surface area contributed by atoms with Crippen molar-refractivity contribution in [1.82, 2.24) is 15.3 Å². The SMILES string of the molecule is Cc1ccc(CNC(=O)c2cccc(Nc3ccnc(-c4cccc(F)c4)n3)c2)cc1. The predicted octanol–water partition coefficient (Wildman–Crippen LogP) is 5.26. The van der Waals surface area contributed by atoms with Crippen LogP contribution in [0.15, 0.2) is 85.1 Å². The van der Waals surface area contributed by atoms with E-state index in [1.165, 1.54) is 17.7 Å². The van der Waals surface area contributed by atoms with E-state index in [0.717, 1.165) is 5.56 Å². The number of carbonyl (C=O) groups excluding carboxylic acids is 1. The molecule has 0 radical (unpaired) electrons. The summed E-state index contributed by atoms with van der Waals surface area (Å²) in [6.45, 7) is 2.49. The summed E-state index contributed by atoms with van der Waals surface area (Å²) in [6.07, 6.45) is 1.60. The summed E-state index contributed by atoms with van der Waals surface area (Å²) in [7, 11) is 0. The molecule has 2 N–H and O–H groups in total. The van der Waals surface area contributed by atoms with Gasteiger partial charge in [0.2, 0.25) is 0 Å². The summed E-state index contributed by atoms with van der Waals surface area (Å²) < 4.78 is 13.5. The lowest BCUT2D eigenvalue weighted by molar-refractivity contribution is 0.0951. The van der Waals surface area contributed by atoms with Crippen LogP contribution in [0.25, 0.3) is 11.4 Å². The van der Waals surface area contributed by atoms with Crippen molar-refractivity contribution in [2.24, 2.45) is 0 Å². The molecule has 31 heavy (non-hydrogen) atoms. The average Bonchev–Trinajstić information content (AvgIpc) is 2.79. The Labute approximate surface area is 180 Å². The lowest BCUT2D eigenvalue weighted by atomic mass is 10.1. The Kier molecular flexibility index (Phi) is 5.98. The van der Waals surface area contributed by atoms with Crippen LogP contribution in [-0.2, 0) is 6.54 Å². The van der Waals surface area contributed by atoms with E-state index >= 15 is 0 Å². The van der Waals surface area contributed by atoms with Gasteiger partial charge in [-0.2, -0.15) is 0 Å². The van der Waals surface area contributed by atoms with Crippen molar-refractivity contribution in [2.45, 2.75) is 13.5 Å². The van der Waals surface area contributed by atoms with Gasteiger partial charge >= 0.3 is 0 Å². The van der Waals surface area contributed by atoms with E-state index in [1.54, 1.807) is 42.6 Å². The van der Waals surface area contributed by atoms with Crippen molar-refractivity contribution in [1.29, 1.82) is 0 Å². The van der Waals surface area contributed by atoms with Gasteiger partial charge in [-0.25, -0.2) is 14.4 Å².